The van der Waals surface area contributed by atoms with Crippen LogP contribution in [0.5, 0.6) is 0 Å². The van der Waals surface area contributed by atoms with Crippen molar-refractivity contribution in [1.82, 2.24) is 4.90 Å². The second-order valence-electron chi connectivity index (χ2n) is 5.36. The molecule has 18 heavy (non-hydrogen) atoms. The number of benzene rings is 1. The lowest BCUT2D eigenvalue weighted by molar-refractivity contribution is 0.250. The Morgan fingerprint density at radius 1 is 1.22 bits per heavy atom. The number of nitrogens with zero attached hydrogens (tertiary/aromatic N) is 1. The molecule has 0 heterocycles. The van der Waals surface area contributed by atoms with Gasteiger partial charge >= 0.3 is 0 Å². The van der Waals surface area contributed by atoms with Crippen molar-refractivity contribution in [3.63, 3.8) is 0 Å². The maximum Gasteiger partial charge on any atom is 0.0239 e. The molecule has 0 saturated heterocycles. The van der Waals surface area contributed by atoms with Gasteiger partial charge in [0.05, 0.1) is 0 Å². The average Bonchev–Trinajstić information content (AvgIpc) is 3.21. The van der Waals surface area contributed by atoms with Crippen molar-refractivity contribution in [2.45, 2.75) is 51.6 Å². The molecule has 0 radical (unpaired) electrons. The smallest absolute Gasteiger partial charge is 0.0239 e. The van der Waals surface area contributed by atoms with E-state index in [0.29, 0.717) is 0 Å². The largest absolute Gasteiger partial charge is 0.330 e. The van der Waals surface area contributed by atoms with Gasteiger partial charge in [0.1, 0.15) is 0 Å². The predicted molar refractivity (Wildman–Crippen MR) is 77.5 cm³/mol. The zero-order valence-electron chi connectivity index (χ0n) is 11.6. The van der Waals surface area contributed by atoms with Gasteiger partial charge in [-0.1, -0.05) is 37.6 Å². The summed E-state index contributed by atoms with van der Waals surface area (Å²) in [5, 5.41) is 0. The Kier molecular flexibility index (Phi) is 5.21. The molecule has 0 atom stereocenters. The highest BCUT2D eigenvalue weighted by molar-refractivity contribution is 5.27. The number of rotatable bonds is 8. The van der Waals surface area contributed by atoms with Crippen molar-refractivity contribution in [3.8, 4) is 0 Å². The van der Waals surface area contributed by atoms with Gasteiger partial charge in [-0.05, 0) is 49.9 Å². The van der Waals surface area contributed by atoms with E-state index in [4.69, 9.17) is 5.73 Å². The molecule has 0 aromatic heterocycles. The molecule has 2 rings (SSSR count). The van der Waals surface area contributed by atoms with E-state index in [2.05, 4.69) is 36.1 Å². The van der Waals surface area contributed by atoms with Crippen LogP contribution >= 0.6 is 0 Å². The molecular weight excluding hydrogens is 220 g/mol. The maximum absolute atomic E-state index is 5.70. The Labute approximate surface area is 111 Å². The van der Waals surface area contributed by atoms with E-state index >= 15 is 0 Å². The SMILES string of the molecule is CCCCN(Cc1ccccc1CCN)C1CC1. The van der Waals surface area contributed by atoms with Gasteiger partial charge in [-0.3, -0.25) is 4.90 Å². The summed E-state index contributed by atoms with van der Waals surface area (Å²) in [5.74, 6) is 0. The van der Waals surface area contributed by atoms with Crippen molar-refractivity contribution in [2.24, 2.45) is 5.73 Å². The van der Waals surface area contributed by atoms with Gasteiger partial charge in [0.15, 0.2) is 0 Å². The average molecular weight is 246 g/mol. The minimum atomic E-state index is 0.745. The monoisotopic (exact) mass is 246 g/mol. The van der Waals surface area contributed by atoms with Gasteiger partial charge in [0.2, 0.25) is 0 Å². The molecule has 0 amide bonds. The molecule has 0 bridgehead atoms. The molecule has 0 spiro atoms. The van der Waals surface area contributed by atoms with Crippen LogP contribution in [0.25, 0.3) is 0 Å². The standard InChI is InChI=1S/C16H26N2/c1-2-3-12-18(16-8-9-16)13-15-7-5-4-6-14(15)10-11-17/h4-7,16H,2-3,8-13,17H2,1H3. The third kappa shape index (κ3) is 3.82. The number of hydrogen-bond donors (Lipinski definition) is 1. The topological polar surface area (TPSA) is 29.3 Å². The van der Waals surface area contributed by atoms with E-state index in [9.17, 15) is 0 Å². The lowest BCUT2D eigenvalue weighted by Crippen LogP contribution is -2.27. The first kappa shape index (κ1) is 13.6. The maximum atomic E-state index is 5.70. The second kappa shape index (κ2) is 6.91. The fourth-order valence-electron chi connectivity index (χ4n) is 2.52. The second-order valence-corrected chi connectivity index (χ2v) is 5.36. The lowest BCUT2D eigenvalue weighted by atomic mass is 10.0. The summed E-state index contributed by atoms with van der Waals surface area (Å²) in [6, 6.07) is 9.63. The van der Waals surface area contributed by atoms with Gasteiger partial charge in [0, 0.05) is 12.6 Å². The first-order chi connectivity index (χ1) is 8.85. The third-order valence-electron chi connectivity index (χ3n) is 3.77. The number of unbranched alkanes of at least 4 members (excludes halogenated alkanes) is 1. The molecule has 1 fully saturated rings. The van der Waals surface area contributed by atoms with Crippen LogP contribution in [0.4, 0.5) is 0 Å². The van der Waals surface area contributed by atoms with E-state index in [1.807, 2.05) is 0 Å². The molecule has 1 aromatic carbocycles. The van der Waals surface area contributed by atoms with Crippen LogP contribution < -0.4 is 5.73 Å². The third-order valence-corrected chi connectivity index (χ3v) is 3.77. The summed E-state index contributed by atoms with van der Waals surface area (Å²) < 4.78 is 0. The molecule has 0 aliphatic heterocycles. The first-order valence-electron chi connectivity index (χ1n) is 7.36. The number of hydrogen-bond acceptors (Lipinski definition) is 2. The Morgan fingerprint density at radius 2 is 1.94 bits per heavy atom. The Bertz CT molecular complexity index is 358. The fraction of sp³-hybridized carbons (Fsp3) is 0.625. The zero-order chi connectivity index (χ0) is 12.8. The molecule has 2 N–H and O–H groups in total. The van der Waals surface area contributed by atoms with Crippen LogP contribution in [-0.4, -0.2) is 24.0 Å². The summed E-state index contributed by atoms with van der Waals surface area (Å²) >= 11 is 0. The number of nitrogens with two attached hydrogens (primary N) is 1. The summed E-state index contributed by atoms with van der Waals surface area (Å²) in [5.41, 5.74) is 8.61. The molecule has 0 unspecified atom stereocenters. The van der Waals surface area contributed by atoms with Gasteiger partial charge < -0.3 is 5.73 Å². The highest BCUT2D eigenvalue weighted by Crippen LogP contribution is 2.29. The van der Waals surface area contributed by atoms with E-state index in [-0.39, 0.29) is 0 Å². The van der Waals surface area contributed by atoms with Crippen molar-refractivity contribution in [1.29, 1.82) is 0 Å². The minimum Gasteiger partial charge on any atom is -0.330 e. The van der Waals surface area contributed by atoms with Crippen LogP contribution in [-0.2, 0) is 13.0 Å². The zero-order valence-corrected chi connectivity index (χ0v) is 11.6. The Hall–Kier alpha value is -0.860. The van der Waals surface area contributed by atoms with Gasteiger partial charge in [0.25, 0.3) is 0 Å². The van der Waals surface area contributed by atoms with Crippen molar-refractivity contribution < 1.29 is 0 Å². The van der Waals surface area contributed by atoms with Crippen molar-refractivity contribution in [2.75, 3.05) is 13.1 Å². The predicted octanol–water partition coefficient (Wildman–Crippen LogP) is 2.95. The van der Waals surface area contributed by atoms with E-state index in [1.165, 1.54) is 43.4 Å². The van der Waals surface area contributed by atoms with Crippen LogP contribution in [0.15, 0.2) is 24.3 Å². The summed E-state index contributed by atoms with van der Waals surface area (Å²) in [6.07, 6.45) is 6.39. The summed E-state index contributed by atoms with van der Waals surface area (Å²) in [7, 11) is 0. The normalized spacial score (nSPS) is 15.3. The summed E-state index contributed by atoms with van der Waals surface area (Å²) in [4.78, 5) is 2.67. The van der Waals surface area contributed by atoms with E-state index in [1.54, 1.807) is 0 Å². The fourth-order valence-corrected chi connectivity index (χ4v) is 2.52. The molecule has 100 valence electrons. The Morgan fingerprint density at radius 3 is 2.56 bits per heavy atom. The van der Waals surface area contributed by atoms with Gasteiger partial charge in [-0.15, -0.1) is 0 Å². The van der Waals surface area contributed by atoms with Gasteiger partial charge in [-0.25, -0.2) is 0 Å². The molecule has 1 aliphatic rings. The van der Waals surface area contributed by atoms with E-state index in [0.717, 1.165) is 25.6 Å². The molecular formula is C16H26N2. The lowest BCUT2D eigenvalue weighted by Gasteiger charge is -2.23. The van der Waals surface area contributed by atoms with Crippen molar-refractivity contribution in [3.05, 3.63) is 35.4 Å². The molecule has 2 heteroatoms. The van der Waals surface area contributed by atoms with Crippen LogP contribution in [0.3, 0.4) is 0 Å². The highest BCUT2D eigenvalue weighted by atomic mass is 15.2. The molecule has 1 saturated carbocycles. The molecule has 1 aromatic rings. The van der Waals surface area contributed by atoms with E-state index < -0.39 is 0 Å². The van der Waals surface area contributed by atoms with Crippen molar-refractivity contribution >= 4 is 0 Å². The molecule has 1 aliphatic carbocycles. The van der Waals surface area contributed by atoms with Crippen LogP contribution in [0, 0.1) is 0 Å². The summed E-state index contributed by atoms with van der Waals surface area (Å²) in [6.45, 7) is 5.38. The van der Waals surface area contributed by atoms with Gasteiger partial charge in [-0.2, -0.15) is 0 Å². The first-order valence-corrected chi connectivity index (χ1v) is 7.36. The quantitative estimate of drug-likeness (QED) is 0.764. The van der Waals surface area contributed by atoms with Crippen LogP contribution in [0.2, 0.25) is 0 Å². The molecule has 2 nitrogen and oxygen atoms in total. The highest BCUT2D eigenvalue weighted by Gasteiger charge is 2.28. The minimum absolute atomic E-state index is 0.745. The van der Waals surface area contributed by atoms with Crippen LogP contribution in [0.1, 0.15) is 43.7 Å². The Balaban J connectivity index is 2.00.